The first kappa shape index (κ1) is 30.9. The molecule has 3 aromatic heterocycles. The number of hydrogen-bond acceptors (Lipinski definition) is 7. The molecule has 2 aromatic carbocycles. The summed E-state index contributed by atoms with van der Waals surface area (Å²) in [4.78, 5) is 28.7. The summed E-state index contributed by atoms with van der Waals surface area (Å²) in [5.74, 6) is 1.02. The maximum atomic E-state index is 12.6. The maximum Gasteiger partial charge on any atom is 0.416 e. The van der Waals surface area contributed by atoms with Crippen LogP contribution in [-0.2, 0) is 34.1 Å². The minimum Gasteiger partial charge on any atom is -0.468 e. The molecule has 0 bridgehead atoms. The Hall–Kier alpha value is -4.04. The first-order chi connectivity index (χ1) is 19.9. The molecule has 0 aliphatic heterocycles. The number of sulfonamides is 1. The van der Waals surface area contributed by atoms with Gasteiger partial charge in [0.15, 0.2) is 0 Å². The normalized spacial score (nSPS) is 12.6. The van der Waals surface area contributed by atoms with Gasteiger partial charge in [-0.3, -0.25) is 9.69 Å². The fourth-order valence-corrected chi connectivity index (χ4v) is 5.96. The number of nitrogens with zero attached hydrogens (tertiary/aromatic N) is 1. The molecule has 0 aliphatic rings. The van der Waals surface area contributed by atoms with Crippen molar-refractivity contribution in [1.82, 2.24) is 14.6 Å². The van der Waals surface area contributed by atoms with E-state index in [2.05, 4.69) is 39.2 Å². The smallest absolute Gasteiger partial charge is 0.416 e. The van der Waals surface area contributed by atoms with Gasteiger partial charge in [0.1, 0.15) is 18.1 Å². The van der Waals surface area contributed by atoms with Crippen LogP contribution in [0.2, 0.25) is 0 Å². The number of furan rings is 1. The molecule has 220 valence electrons. The number of benzene rings is 2. The van der Waals surface area contributed by atoms with Crippen molar-refractivity contribution in [1.29, 1.82) is 0 Å². The SMILES string of the molecule is CN(Cc1ccco1)Cc1cccs1.O=CC(NS(=O)(=O)c1ccc2[nH]c(=O)ccc2c1)c1ccc(C(F)(F)F)cc1. The number of aromatic nitrogens is 1. The maximum absolute atomic E-state index is 12.6. The average Bonchev–Trinajstić information content (AvgIpc) is 3.66. The van der Waals surface area contributed by atoms with Gasteiger partial charge in [-0.1, -0.05) is 18.2 Å². The van der Waals surface area contributed by atoms with Crippen molar-refractivity contribution in [2.45, 2.75) is 30.2 Å². The fraction of sp³-hybridized carbons (Fsp3) is 0.172. The summed E-state index contributed by atoms with van der Waals surface area (Å²) < 4.78 is 70.6. The number of halogens is 3. The Morgan fingerprint density at radius 3 is 2.40 bits per heavy atom. The molecule has 42 heavy (non-hydrogen) atoms. The van der Waals surface area contributed by atoms with Crippen molar-refractivity contribution in [2.24, 2.45) is 0 Å². The van der Waals surface area contributed by atoms with Crippen molar-refractivity contribution in [3.63, 3.8) is 0 Å². The number of aromatic amines is 1. The van der Waals surface area contributed by atoms with E-state index in [0.29, 0.717) is 17.2 Å². The molecule has 1 unspecified atom stereocenters. The van der Waals surface area contributed by atoms with E-state index < -0.39 is 27.8 Å². The van der Waals surface area contributed by atoms with Crippen LogP contribution in [0, 0.1) is 0 Å². The second kappa shape index (κ2) is 13.3. The van der Waals surface area contributed by atoms with Gasteiger partial charge in [0, 0.05) is 23.0 Å². The Morgan fingerprint density at radius 2 is 1.79 bits per heavy atom. The van der Waals surface area contributed by atoms with E-state index in [-0.39, 0.29) is 16.0 Å². The van der Waals surface area contributed by atoms with E-state index in [0.717, 1.165) is 43.1 Å². The number of carbonyl (C=O) groups excluding carboxylic acids is 1. The number of nitrogens with one attached hydrogen (secondary N) is 2. The monoisotopic (exact) mass is 617 g/mol. The van der Waals surface area contributed by atoms with Gasteiger partial charge in [-0.25, -0.2) is 8.42 Å². The van der Waals surface area contributed by atoms with Crippen LogP contribution in [0.5, 0.6) is 0 Å². The van der Waals surface area contributed by atoms with E-state index >= 15 is 0 Å². The Kier molecular flexibility index (Phi) is 9.78. The average molecular weight is 618 g/mol. The van der Waals surface area contributed by atoms with E-state index in [1.807, 2.05) is 12.1 Å². The molecule has 2 N–H and O–H groups in total. The number of carbonyl (C=O) groups is 1. The van der Waals surface area contributed by atoms with Crippen molar-refractivity contribution in [3.8, 4) is 0 Å². The number of alkyl halides is 3. The predicted octanol–water partition coefficient (Wildman–Crippen LogP) is 5.74. The lowest BCUT2D eigenvalue weighted by Gasteiger charge is -2.15. The van der Waals surface area contributed by atoms with Crippen LogP contribution in [0.4, 0.5) is 13.2 Å². The summed E-state index contributed by atoms with van der Waals surface area (Å²) in [5, 5.41) is 2.57. The predicted molar refractivity (Wildman–Crippen MR) is 153 cm³/mol. The summed E-state index contributed by atoms with van der Waals surface area (Å²) in [5.41, 5.74) is -0.755. The molecule has 5 aromatic rings. The third kappa shape index (κ3) is 8.26. The lowest BCUT2D eigenvalue weighted by atomic mass is 10.1. The van der Waals surface area contributed by atoms with Gasteiger partial charge in [0.05, 0.1) is 23.3 Å². The van der Waals surface area contributed by atoms with Crippen molar-refractivity contribution >= 4 is 38.5 Å². The molecule has 0 saturated heterocycles. The van der Waals surface area contributed by atoms with Crippen LogP contribution in [0.25, 0.3) is 10.9 Å². The molecule has 13 heteroatoms. The van der Waals surface area contributed by atoms with Gasteiger partial charge >= 0.3 is 6.18 Å². The number of hydrogen-bond donors (Lipinski definition) is 2. The van der Waals surface area contributed by atoms with Crippen LogP contribution in [0.15, 0.2) is 105 Å². The fourth-order valence-electron chi connectivity index (χ4n) is 3.98. The van der Waals surface area contributed by atoms with E-state index in [4.69, 9.17) is 4.42 Å². The Balaban J connectivity index is 0.000000241. The second-order valence-electron chi connectivity index (χ2n) is 9.26. The largest absolute Gasteiger partial charge is 0.468 e. The minimum atomic E-state index is -4.54. The van der Waals surface area contributed by atoms with Crippen LogP contribution < -0.4 is 10.3 Å². The number of pyridine rings is 1. The highest BCUT2D eigenvalue weighted by atomic mass is 32.2. The van der Waals surface area contributed by atoms with E-state index in [1.165, 1.54) is 35.2 Å². The molecule has 0 radical (unpaired) electrons. The molecule has 3 heterocycles. The second-order valence-corrected chi connectivity index (χ2v) is 12.0. The molecular weight excluding hydrogens is 591 g/mol. The highest BCUT2D eigenvalue weighted by Crippen LogP contribution is 2.30. The van der Waals surface area contributed by atoms with Crippen molar-refractivity contribution in [3.05, 3.63) is 123 Å². The lowest BCUT2D eigenvalue weighted by molar-refractivity contribution is -0.137. The van der Waals surface area contributed by atoms with E-state index in [9.17, 15) is 31.2 Å². The van der Waals surface area contributed by atoms with Crippen LogP contribution in [0.1, 0.15) is 27.8 Å². The van der Waals surface area contributed by atoms with Gasteiger partial charge in [0.25, 0.3) is 0 Å². The highest BCUT2D eigenvalue weighted by Gasteiger charge is 2.30. The Labute approximate surface area is 243 Å². The molecule has 8 nitrogen and oxygen atoms in total. The quantitative estimate of drug-likeness (QED) is 0.204. The zero-order valence-electron chi connectivity index (χ0n) is 22.2. The third-order valence-corrected chi connectivity index (χ3v) is 8.33. The molecule has 0 amide bonds. The molecular formula is C29H26F3N3O5S2. The van der Waals surface area contributed by atoms with Gasteiger partial charge < -0.3 is 14.2 Å². The first-order valence-electron chi connectivity index (χ1n) is 12.5. The molecule has 0 aliphatic carbocycles. The Morgan fingerprint density at radius 1 is 1.02 bits per heavy atom. The summed E-state index contributed by atoms with van der Waals surface area (Å²) in [6, 6.07) is 17.1. The zero-order chi connectivity index (χ0) is 30.3. The number of thiophene rings is 1. The summed E-state index contributed by atoms with van der Waals surface area (Å²) in [7, 11) is -2.06. The van der Waals surface area contributed by atoms with Gasteiger partial charge in [0.2, 0.25) is 15.6 Å². The van der Waals surface area contributed by atoms with E-state index in [1.54, 1.807) is 17.6 Å². The highest BCUT2D eigenvalue weighted by molar-refractivity contribution is 7.89. The lowest BCUT2D eigenvalue weighted by Crippen LogP contribution is -2.29. The summed E-state index contributed by atoms with van der Waals surface area (Å²) >= 11 is 1.79. The van der Waals surface area contributed by atoms with Crippen LogP contribution >= 0.6 is 11.3 Å². The molecule has 1 atom stereocenters. The number of H-pyrrole nitrogens is 1. The Bertz CT molecular complexity index is 1730. The number of aldehydes is 1. The number of fused-ring (bicyclic) bond motifs is 1. The summed E-state index contributed by atoms with van der Waals surface area (Å²) in [6.45, 7) is 1.85. The minimum absolute atomic E-state index is 0.0664. The topological polar surface area (TPSA) is 112 Å². The molecule has 0 fully saturated rings. The first-order valence-corrected chi connectivity index (χ1v) is 14.8. The molecule has 0 spiro atoms. The van der Waals surface area contributed by atoms with Crippen molar-refractivity contribution in [2.75, 3.05) is 7.05 Å². The summed E-state index contributed by atoms with van der Waals surface area (Å²) in [6.07, 6.45) is -2.53. The standard InChI is InChI=1S/C18H13F3N2O4S.C11H13NOS/c19-18(20,21)13-4-1-11(2-5-13)16(10-24)23-28(26,27)14-6-7-15-12(9-14)3-8-17(25)22-15;1-12(8-10-4-2-6-13-10)9-11-5-3-7-14-11/h1-10,16,23H,(H,22,25);2-7H,8-9H2,1H3. The third-order valence-electron chi connectivity index (χ3n) is 6.03. The van der Waals surface area contributed by atoms with Gasteiger partial charge in [-0.05, 0) is 78.0 Å². The van der Waals surface area contributed by atoms with Gasteiger partial charge in [-0.2, -0.15) is 17.9 Å². The zero-order valence-corrected chi connectivity index (χ0v) is 23.8. The van der Waals surface area contributed by atoms with Gasteiger partial charge in [-0.15, -0.1) is 11.3 Å². The molecule has 5 rings (SSSR count). The van der Waals surface area contributed by atoms with Crippen LogP contribution in [-0.4, -0.2) is 31.6 Å². The molecule has 0 saturated carbocycles. The van der Waals surface area contributed by atoms with Crippen molar-refractivity contribution < 1.29 is 30.8 Å². The van der Waals surface area contributed by atoms with Crippen LogP contribution in [0.3, 0.4) is 0 Å². The number of rotatable bonds is 9.